The number of aromatic carboxylic acids is 1. The van der Waals surface area contributed by atoms with Crippen molar-refractivity contribution in [3.63, 3.8) is 0 Å². The third-order valence-corrected chi connectivity index (χ3v) is 3.61. The minimum atomic E-state index is -1.08. The second-order valence-electron chi connectivity index (χ2n) is 5.68. The van der Waals surface area contributed by atoms with Crippen LogP contribution >= 0.6 is 0 Å². The monoisotopic (exact) mass is 362 g/mol. The van der Waals surface area contributed by atoms with E-state index in [9.17, 15) is 23.2 Å². The largest absolute Gasteiger partial charge is 0.478 e. The fourth-order valence-electron chi connectivity index (χ4n) is 2.39. The molecule has 2 aromatic rings. The van der Waals surface area contributed by atoms with E-state index in [0.717, 1.165) is 12.1 Å². The van der Waals surface area contributed by atoms with E-state index in [4.69, 9.17) is 10.8 Å². The summed E-state index contributed by atoms with van der Waals surface area (Å²) in [4.78, 5) is 34.4. The fourth-order valence-corrected chi connectivity index (χ4v) is 2.39. The average Bonchev–Trinajstić information content (AvgIpc) is 2.53. The molecular formula is C18H16F2N2O4. The Balaban J connectivity index is 2.03. The molecule has 0 aromatic heterocycles. The van der Waals surface area contributed by atoms with E-state index in [2.05, 4.69) is 5.32 Å². The number of carbonyl (C=O) groups excluding carboxylic acids is 2. The maximum absolute atomic E-state index is 13.2. The predicted molar refractivity (Wildman–Crippen MR) is 88.3 cm³/mol. The first-order valence-electron chi connectivity index (χ1n) is 7.60. The zero-order valence-electron chi connectivity index (χ0n) is 13.5. The van der Waals surface area contributed by atoms with Gasteiger partial charge in [0.1, 0.15) is 17.7 Å². The zero-order valence-corrected chi connectivity index (χ0v) is 13.5. The van der Waals surface area contributed by atoms with Crippen molar-refractivity contribution < 1.29 is 28.3 Å². The number of nitrogens with one attached hydrogen (secondary N) is 1. The Morgan fingerprint density at radius 2 is 1.58 bits per heavy atom. The molecule has 0 saturated heterocycles. The first kappa shape index (κ1) is 19.0. The average molecular weight is 362 g/mol. The van der Waals surface area contributed by atoms with Crippen LogP contribution in [0, 0.1) is 11.6 Å². The Bertz CT molecular complexity index is 817. The molecule has 136 valence electrons. The number of amides is 2. The summed E-state index contributed by atoms with van der Waals surface area (Å²) in [7, 11) is 0. The van der Waals surface area contributed by atoms with Gasteiger partial charge in [-0.05, 0) is 35.4 Å². The van der Waals surface area contributed by atoms with Crippen molar-refractivity contribution in [2.24, 2.45) is 5.73 Å². The fraction of sp³-hybridized carbons (Fsp3) is 0.167. The molecule has 0 radical (unpaired) electrons. The van der Waals surface area contributed by atoms with Gasteiger partial charge < -0.3 is 16.2 Å². The van der Waals surface area contributed by atoms with Gasteiger partial charge in [0.15, 0.2) is 0 Å². The molecule has 0 aliphatic rings. The number of nitrogens with two attached hydrogens (primary N) is 1. The number of rotatable bonds is 7. The molecule has 6 nitrogen and oxygen atoms in total. The van der Waals surface area contributed by atoms with Crippen molar-refractivity contribution >= 4 is 17.8 Å². The first-order valence-corrected chi connectivity index (χ1v) is 7.60. The molecule has 0 aliphatic carbocycles. The summed E-state index contributed by atoms with van der Waals surface area (Å²) >= 11 is 0. The van der Waals surface area contributed by atoms with Crippen LogP contribution in [0.5, 0.6) is 0 Å². The molecule has 0 aliphatic heterocycles. The molecule has 1 atom stereocenters. The van der Waals surface area contributed by atoms with E-state index >= 15 is 0 Å². The lowest BCUT2D eigenvalue weighted by molar-refractivity contribution is -0.127. The van der Waals surface area contributed by atoms with Crippen LogP contribution in [0.2, 0.25) is 0 Å². The third-order valence-electron chi connectivity index (χ3n) is 3.61. The lowest BCUT2D eigenvalue weighted by Gasteiger charge is -2.16. The van der Waals surface area contributed by atoms with Crippen LogP contribution in [0.25, 0.3) is 0 Å². The minimum Gasteiger partial charge on any atom is -0.478 e. The molecule has 8 heteroatoms. The molecule has 4 N–H and O–H groups in total. The van der Waals surface area contributed by atoms with Gasteiger partial charge in [0.25, 0.3) is 0 Å². The second-order valence-corrected chi connectivity index (χ2v) is 5.68. The standard InChI is InChI=1S/C18H16F2N2O4/c19-13-5-11(6-14(20)9-13)8-16(23)22-15(17(21)24)7-10-1-3-12(4-2-10)18(25)26/h1-6,9,15H,7-8H2,(H2,21,24)(H,22,23)(H,25,26)/t15-/m1/s1. The predicted octanol–water partition coefficient (Wildman–Crippen LogP) is 1.42. The Kier molecular flexibility index (Phi) is 6.00. The number of primary amides is 1. The molecule has 2 aromatic carbocycles. The number of hydrogen-bond acceptors (Lipinski definition) is 3. The lowest BCUT2D eigenvalue weighted by Crippen LogP contribution is -2.46. The molecule has 2 amide bonds. The maximum atomic E-state index is 13.2. The van der Waals surface area contributed by atoms with E-state index in [1.807, 2.05) is 0 Å². The minimum absolute atomic E-state index is 0.0541. The summed E-state index contributed by atoms with van der Waals surface area (Å²) in [5, 5.41) is 11.3. The molecule has 0 fully saturated rings. The number of hydrogen-bond donors (Lipinski definition) is 3. The van der Waals surface area contributed by atoms with Crippen LogP contribution in [0.4, 0.5) is 8.78 Å². The molecule has 0 heterocycles. The molecule has 0 bridgehead atoms. The first-order chi connectivity index (χ1) is 12.2. The number of halogens is 2. The molecule has 2 rings (SSSR count). The Morgan fingerprint density at radius 1 is 1.00 bits per heavy atom. The Labute approximate surface area is 147 Å². The van der Waals surface area contributed by atoms with Crippen LogP contribution in [0.1, 0.15) is 21.5 Å². The quantitative estimate of drug-likeness (QED) is 0.692. The zero-order chi connectivity index (χ0) is 19.3. The van der Waals surface area contributed by atoms with Crippen LogP contribution < -0.4 is 11.1 Å². The van der Waals surface area contributed by atoms with Gasteiger partial charge in [0.05, 0.1) is 12.0 Å². The van der Waals surface area contributed by atoms with E-state index in [-0.39, 0.29) is 24.0 Å². The van der Waals surface area contributed by atoms with Crippen molar-refractivity contribution in [2.75, 3.05) is 0 Å². The smallest absolute Gasteiger partial charge is 0.335 e. The molecule has 0 spiro atoms. The number of carboxylic acids is 1. The topological polar surface area (TPSA) is 109 Å². The van der Waals surface area contributed by atoms with E-state index in [0.29, 0.717) is 11.6 Å². The van der Waals surface area contributed by atoms with Crippen molar-refractivity contribution in [1.82, 2.24) is 5.32 Å². The highest BCUT2D eigenvalue weighted by Crippen LogP contribution is 2.10. The van der Waals surface area contributed by atoms with Crippen LogP contribution in [-0.2, 0) is 22.4 Å². The van der Waals surface area contributed by atoms with Gasteiger partial charge >= 0.3 is 5.97 Å². The van der Waals surface area contributed by atoms with E-state index in [1.54, 1.807) is 0 Å². The van der Waals surface area contributed by atoms with Gasteiger partial charge in [-0.15, -0.1) is 0 Å². The van der Waals surface area contributed by atoms with E-state index in [1.165, 1.54) is 24.3 Å². The summed E-state index contributed by atoms with van der Waals surface area (Å²) in [5.41, 5.74) is 6.08. The highest BCUT2D eigenvalue weighted by molar-refractivity contribution is 5.88. The van der Waals surface area contributed by atoms with Crippen molar-refractivity contribution in [1.29, 1.82) is 0 Å². The van der Waals surface area contributed by atoms with Gasteiger partial charge in [-0.1, -0.05) is 12.1 Å². The van der Waals surface area contributed by atoms with Gasteiger partial charge in [-0.2, -0.15) is 0 Å². The van der Waals surface area contributed by atoms with Crippen molar-refractivity contribution in [3.8, 4) is 0 Å². The molecule has 0 saturated carbocycles. The molecule has 26 heavy (non-hydrogen) atoms. The van der Waals surface area contributed by atoms with Crippen molar-refractivity contribution in [2.45, 2.75) is 18.9 Å². The van der Waals surface area contributed by atoms with Crippen LogP contribution in [0.15, 0.2) is 42.5 Å². The second kappa shape index (κ2) is 8.19. The number of carboxylic acid groups (broad SMARTS) is 1. The Morgan fingerprint density at radius 3 is 2.08 bits per heavy atom. The van der Waals surface area contributed by atoms with Gasteiger partial charge in [0, 0.05) is 12.5 Å². The maximum Gasteiger partial charge on any atom is 0.335 e. The lowest BCUT2D eigenvalue weighted by atomic mass is 10.0. The summed E-state index contributed by atoms with van der Waals surface area (Å²) in [6.07, 6.45) is -0.269. The Hall–Kier alpha value is -3.29. The third kappa shape index (κ3) is 5.37. The normalized spacial score (nSPS) is 11.6. The summed E-state index contributed by atoms with van der Waals surface area (Å²) in [6, 6.07) is 7.44. The summed E-state index contributed by atoms with van der Waals surface area (Å²) < 4.78 is 26.3. The van der Waals surface area contributed by atoms with Gasteiger partial charge in [-0.3, -0.25) is 9.59 Å². The SMILES string of the molecule is NC(=O)[C@@H](Cc1ccc(C(=O)O)cc1)NC(=O)Cc1cc(F)cc(F)c1. The highest BCUT2D eigenvalue weighted by atomic mass is 19.1. The summed E-state index contributed by atoms with van der Waals surface area (Å²) in [5.74, 6) is -4.11. The van der Waals surface area contributed by atoms with Crippen LogP contribution in [-0.4, -0.2) is 28.9 Å². The number of carbonyl (C=O) groups is 3. The molecule has 0 unspecified atom stereocenters. The summed E-state index contributed by atoms with van der Waals surface area (Å²) in [6.45, 7) is 0. The number of benzene rings is 2. The highest BCUT2D eigenvalue weighted by Gasteiger charge is 2.19. The van der Waals surface area contributed by atoms with Gasteiger partial charge in [-0.25, -0.2) is 13.6 Å². The van der Waals surface area contributed by atoms with Crippen LogP contribution in [0.3, 0.4) is 0 Å². The van der Waals surface area contributed by atoms with Gasteiger partial charge in [0.2, 0.25) is 11.8 Å². The van der Waals surface area contributed by atoms with Crippen molar-refractivity contribution in [3.05, 3.63) is 70.8 Å². The molecular weight excluding hydrogens is 346 g/mol. The van der Waals surface area contributed by atoms with E-state index < -0.39 is 35.5 Å².